The maximum atomic E-state index is 13.2. The summed E-state index contributed by atoms with van der Waals surface area (Å²) in [5.41, 5.74) is 7.63. The molecule has 5 heterocycles. The van der Waals surface area contributed by atoms with Gasteiger partial charge in [0.1, 0.15) is 11.2 Å². The molecule has 0 amide bonds. The van der Waals surface area contributed by atoms with E-state index >= 15 is 0 Å². The highest BCUT2D eigenvalue weighted by molar-refractivity contribution is 6.31. The fourth-order valence-electron chi connectivity index (χ4n) is 7.02. The van der Waals surface area contributed by atoms with Crippen LogP contribution in [0.4, 0.5) is 11.4 Å². The molecule has 0 bridgehead atoms. The molecule has 40 heavy (non-hydrogen) atoms. The molecular formula is C30H29ClN6O3. The molecule has 0 spiro atoms. The van der Waals surface area contributed by atoms with E-state index in [0.29, 0.717) is 29.1 Å². The quantitative estimate of drug-likeness (QED) is 0.341. The lowest BCUT2D eigenvalue weighted by molar-refractivity contribution is 0.0695. The van der Waals surface area contributed by atoms with Crippen LogP contribution in [0.3, 0.4) is 0 Å². The summed E-state index contributed by atoms with van der Waals surface area (Å²) >= 11 is 6.61. The molecule has 0 unspecified atom stereocenters. The average Bonchev–Trinajstić information content (AvgIpc) is 3.61. The van der Waals surface area contributed by atoms with E-state index in [1.54, 1.807) is 23.9 Å². The summed E-state index contributed by atoms with van der Waals surface area (Å²) in [4.78, 5) is 39.5. The third-order valence-corrected chi connectivity index (χ3v) is 9.02. The molecule has 2 fully saturated rings. The van der Waals surface area contributed by atoms with Gasteiger partial charge in [0.2, 0.25) is 5.43 Å². The summed E-state index contributed by atoms with van der Waals surface area (Å²) in [6.07, 6.45) is 6.78. The van der Waals surface area contributed by atoms with Gasteiger partial charge in [-0.1, -0.05) is 11.6 Å². The first kappa shape index (κ1) is 25.0. The normalized spacial score (nSPS) is 19.6. The van der Waals surface area contributed by atoms with Gasteiger partial charge in [0, 0.05) is 92.2 Å². The Hall–Kier alpha value is -3.95. The minimum absolute atomic E-state index is 0.271. The standard InChI is InChI=1S/C30H29ClN6O3/c1-32-23-8-17(31)7-19-18(23)9-24-26(19)27(37-5-4-15-12-35(2)14-25(15)37)21(11-33-24)16-6-20-28(38)22(30(39)40)13-36(3)29(20)34-10-16/h6-8,10-11,13,15,25,32H,4-5,9,12,14H2,1-3H3,(H,39,40)/t15-,25+/m0/s1. The zero-order chi connectivity index (χ0) is 27.9. The van der Waals surface area contributed by atoms with Crippen LogP contribution in [0.1, 0.15) is 28.0 Å². The van der Waals surface area contributed by atoms with Gasteiger partial charge < -0.3 is 24.8 Å². The molecule has 10 heteroatoms. The highest BCUT2D eigenvalue weighted by Crippen LogP contribution is 2.51. The number of benzene rings is 1. The molecule has 2 saturated heterocycles. The van der Waals surface area contributed by atoms with Gasteiger partial charge in [-0.2, -0.15) is 0 Å². The second-order valence-corrected chi connectivity index (χ2v) is 11.6. The minimum atomic E-state index is -1.25. The minimum Gasteiger partial charge on any atom is -0.477 e. The summed E-state index contributed by atoms with van der Waals surface area (Å²) in [5.74, 6) is -0.676. The van der Waals surface area contributed by atoms with Crippen molar-refractivity contribution >= 4 is 40.0 Å². The van der Waals surface area contributed by atoms with Crippen LogP contribution in [-0.4, -0.2) is 70.3 Å². The molecule has 3 aromatic heterocycles. The fraction of sp³-hybridized carbons (Fsp3) is 0.333. The van der Waals surface area contributed by atoms with E-state index in [0.717, 1.165) is 65.4 Å². The molecule has 9 nitrogen and oxygen atoms in total. The Morgan fingerprint density at radius 1 is 1.12 bits per heavy atom. The Bertz CT molecular complexity index is 1800. The lowest BCUT2D eigenvalue weighted by Gasteiger charge is -2.31. The van der Waals surface area contributed by atoms with Crippen LogP contribution in [0, 0.1) is 5.92 Å². The molecule has 3 aliphatic rings. The number of nitrogens with one attached hydrogen (secondary N) is 1. The summed E-state index contributed by atoms with van der Waals surface area (Å²) in [6, 6.07) is 6.11. The zero-order valence-electron chi connectivity index (χ0n) is 22.5. The Kier molecular flexibility index (Phi) is 5.66. The predicted octanol–water partition coefficient (Wildman–Crippen LogP) is 4.10. The summed E-state index contributed by atoms with van der Waals surface area (Å²) in [5, 5.41) is 13.9. The molecule has 2 N–H and O–H groups in total. The maximum absolute atomic E-state index is 13.2. The Morgan fingerprint density at radius 2 is 1.95 bits per heavy atom. The van der Waals surface area contributed by atoms with E-state index in [1.807, 2.05) is 25.4 Å². The maximum Gasteiger partial charge on any atom is 0.341 e. The number of hydrogen-bond donors (Lipinski definition) is 2. The second-order valence-electron chi connectivity index (χ2n) is 11.2. The smallest absolute Gasteiger partial charge is 0.341 e. The largest absolute Gasteiger partial charge is 0.477 e. The highest BCUT2D eigenvalue weighted by atomic mass is 35.5. The van der Waals surface area contributed by atoms with Crippen molar-refractivity contribution in [3.8, 4) is 22.3 Å². The van der Waals surface area contributed by atoms with Crippen LogP contribution in [0.5, 0.6) is 0 Å². The molecule has 0 radical (unpaired) electrons. The molecule has 204 valence electrons. The fourth-order valence-corrected chi connectivity index (χ4v) is 7.24. The SMILES string of the molecule is CNc1cc(Cl)cc2c1Cc1ncc(-c3cnc4c(c3)c(=O)c(C(=O)O)cn4C)c(N3CC[C@H]4CN(C)C[C@H]43)c1-2. The number of halogens is 1. The number of likely N-dealkylation sites (N-methyl/N-ethyl adjacent to an activating group) is 1. The van der Waals surface area contributed by atoms with Crippen molar-refractivity contribution in [1.82, 2.24) is 19.4 Å². The van der Waals surface area contributed by atoms with Crippen molar-refractivity contribution in [1.29, 1.82) is 0 Å². The zero-order valence-corrected chi connectivity index (χ0v) is 23.3. The number of nitrogens with zero attached hydrogens (tertiary/aromatic N) is 5. The van der Waals surface area contributed by atoms with Crippen molar-refractivity contribution in [2.24, 2.45) is 13.0 Å². The van der Waals surface area contributed by atoms with Crippen LogP contribution in [0.25, 0.3) is 33.3 Å². The van der Waals surface area contributed by atoms with Crippen LogP contribution in [0.2, 0.25) is 5.02 Å². The number of rotatable bonds is 4. The summed E-state index contributed by atoms with van der Waals surface area (Å²) < 4.78 is 1.59. The molecule has 2 aliphatic heterocycles. The molecule has 0 saturated carbocycles. The van der Waals surface area contributed by atoms with Gasteiger partial charge >= 0.3 is 5.97 Å². The van der Waals surface area contributed by atoms with Crippen molar-refractivity contribution < 1.29 is 9.90 Å². The highest BCUT2D eigenvalue weighted by Gasteiger charge is 2.43. The van der Waals surface area contributed by atoms with Gasteiger partial charge in [0.15, 0.2) is 0 Å². The van der Waals surface area contributed by atoms with Gasteiger partial charge in [-0.3, -0.25) is 9.78 Å². The monoisotopic (exact) mass is 556 g/mol. The summed E-state index contributed by atoms with van der Waals surface area (Å²) in [6.45, 7) is 2.97. The van der Waals surface area contributed by atoms with E-state index in [4.69, 9.17) is 16.6 Å². The third kappa shape index (κ3) is 3.64. The number of carbonyl (C=O) groups is 1. The average molecular weight is 557 g/mol. The second kappa shape index (κ2) is 9.04. The molecule has 1 aliphatic carbocycles. The Morgan fingerprint density at radius 3 is 2.73 bits per heavy atom. The van der Waals surface area contributed by atoms with E-state index in [9.17, 15) is 14.7 Å². The number of aromatic nitrogens is 3. The molecule has 4 aromatic rings. The number of hydrogen-bond acceptors (Lipinski definition) is 7. The van der Waals surface area contributed by atoms with Crippen molar-refractivity contribution in [2.75, 3.05) is 43.9 Å². The summed E-state index contributed by atoms with van der Waals surface area (Å²) in [7, 11) is 5.77. The molecule has 1 aromatic carbocycles. The lowest BCUT2D eigenvalue weighted by Crippen LogP contribution is -2.35. The van der Waals surface area contributed by atoms with Gasteiger partial charge in [-0.25, -0.2) is 9.78 Å². The number of likely N-dealkylation sites (tertiary alicyclic amines) is 1. The third-order valence-electron chi connectivity index (χ3n) is 8.80. The number of pyridine rings is 3. The topological polar surface area (TPSA) is 104 Å². The van der Waals surface area contributed by atoms with Crippen LogP contribution >= 0.6 is 11.6 Å². The Labute approximate surface area is 236 Å². The Balaban J connectivity index is 1.50. The van der Waals surface area contributed by atoms with Gasteiger partial charge in [-0.05, 0) is 48.7 Å². The van der Waals surface area contributed by atoms with Gasteiger partial charge in [0.25, 0.3) is 0 Å². The van der Waals surface area contributed by atoms with Crippen molar-refractivity contribution in [3.63, 3.8) is 0 Å². The predicted molar refractivity (Wildman–Crippen MR) is 157 cm³/mol. The van der Waals surface area contributed by atoms with E-state index in [1.165, 1.54) is 11.8 Å². The van der Waals surface area contributed by atoms with Crippen molar-refractivity contribution in [2.45, 2.75) is 18.9 Å². The number of aryl methyl sites for hydroxylation is 1. The van der Waals surface area contributed by atoms with E-state index in [2.05, 4.69) is 27.1 Å². The number of anilines is 2. The number of carboxylic acids is 1. The molecule has 2 atom stereocenters. The van der Waals surface area contributed by atoms with Gasteiger partial charge in [-0.15, -0.1) is 0 Å². The lowest BCUT2D eigenvalue weighted by atomic mass is 9.96. The first-order chi connectivity index (χ1) is 19.2. The van der Waals surface area contributed by atoms with Crippen LogP contribution in [0.15, 0.2) is 41.6 Å². The van der Waals surface area contributed by atoms with Crippen LogP contribution in [-0.2, 0) is 13.5 Å². The molecule has 7 rings (SSSR count). The number of fused-ring (bicyclic) bond motifs is 5. The first-order valence-electron chi connectivity index (χ1n) is 13.5. The number of carboxylic acid groups (broad SMARTS) is 1. The van der Waals surface area contributed by atoms with Crippen molar-refractivity contribution in [3.05, 3.63) is 68.9 Å². The molecular weight excluding hydrogens is 528 g/mol. The van der Waals surface area contributed by atoms with Crippen LogP contribution < -0.4 is 15.6 Å². The van der Waals surface area contributed by atoms with Gasteiger partial charge in [0.05, 0.1) is 16.8 Å². The van der Waals surface area contributed by atoms with E-state index in [-0.39, 0.29) is 10.9 Å². The number of aromatic carboxylic acids is 1. The first-order valence-corrected chi connectivity index (χ1v) is 13.8. The van der Waals surface area contributed by atoms with E-state index < -0.39 is 11.4 Å².